The number of halogens is 1. The zero-order chi connectivity index (χ0) is 19.4. The Hall–Kier alpha value is -3.22. The molecule has 0 bridgehead atoms. The fourth-order valence-electron chi connectivity index (χ4n) is 2.89. The number of nitrogens with two attached hydrogens (primary N) is 1. The molecule has 140 valence electrons. The van der Waals surface area contributed by atoms with E-state index >= 15 is 0 Å². The van der Waals surface area contributed by atoms with E-state index in [1.54, 1.807) is 18.3 Å². The number of carbonyl (C=O) groups excluding carboxylic acids is 1. The molecule has 0 aliphatic carbocycles. The van der Waals surface area contributed by atoms with E-state index in [4.69, 9.17) is 15.2 Å². The van der Waals surface area contributed by atoms with Gasteiger partial charge in [-0.05, 0) is 35.8 Å². The van der Waals surface area contributed by atoms with Crippen LogP contribution in [0.2, 0.25) is 0 Å². The van der Waals surface area contributed by atoms with Crippen molar-refractivity contribution in [3.63, 3.8) is 0 Å². The van der Waals surface area contributed by atoms with Gasteiger partial charge in [-0.2, -0.15) is 4.39 Å². The maximum absolute atomic E-state index is 13.9. The molecule has 27 heavy (non-hydrogen) atoms. The normalized spacial score (nSPS) is 16.0. The van der Waals surface area contributed by atoms with E-state index in [2.05, 4.69) is 9.98 Å². The fraction of sp³-hybridized carbons (Fsp3) is 0.250. The van der Waals surface area contributed by atoms with Gasteiger partial charge in [0.25, 0.3) is 5.95 Å². The average Bonchev–Trinajstić information content (AvgIpc) is 2.69. The van der Waals surface area contributed by atoms with Crippen LogP contribution in [-0.2, 0) is 6.42 Å². The summed E-state index contributed by atoms with van der Waals surface area (Å²) in [7, 11) is 1.48. The molecule has 1 aromatic heterocycles. The highest BCUT2D eigenvalue weighted by Gasteiger charge is 2.19. The molecular formula is C20H20FN3O3. The Morgan fingerprint density at radius 2 is 2.19 bits per heavy atom. The first-order valence-corrected chi connectivity index (χ1v) is 8.54. The maximum Gasteiger partial charge on any atom is 0.255 e. The van der Waals surface area contributed by atoms with Gasteiger partial charge in [0, 0.05) is 24.3 Å². The molecule has 3 rings (SSSR count). The molecule has 2 N–H and O–H groups in total. The smallest absolute Gasteiger partial charge is 0.255 e. The molecule has 0 saturated carbocycles. The minimum absolute atomic E-state index is 0.0172. The van der Waals surface area contributed by atoms with Crippen molar-refractivity contribution >= 4 is 11.6 Å². The van der Waals surface area contributed by atoms with E-state index in [1.807, 2.05) is 19.1 Å². The summed E-state index contributed by atoms with van der Waals surface area (Å²) in [4.78, 5) is 19.5. The van der Waals surface area contributed by atoms with E-state index in [0.29, 0.717) is 24.2 Å². The van der Waals surface area contributed by atoms with Gasteiger partial charge in [0.15, 0.2) is 5.75 Å². The number of benzene rings is 1. The number of aromatic nitrogens is 1. The molecule has 0 radical (unpaired) electrons. The van der Waals surface area contributed by atoms with E-state index in [1.165, 1.54) is 19.4 Å². The van der Waals surface area contributed by atoms with Gasteiger partial charge in [0.2, 0.25) is 5.91 Å². The maximum atomic E-state index is 13.9. The van der Waals surface area contributed by atoms with Crippen LogP contribution in [0.3, 0.4) is 0 Å². The van der Waals surface area contributed by atoms with Gasteiger partial charge in [-0.25, -0.2) is 4.98 Å². The highest BCUT2D eigenvalue weighted by Crippen LogP contribution is 2.25. The first-order valence-electron chi connectivity index (χ1n) is 8.54. The Morgan fingerprint density at radius 3 is 2.89 bits per heavy atom. The molecule has 1 aliphatic rings. The molecular weight excluding hydrogens is 349 g/mol. The van der Waals surface area contributed by atoms with Gasteiger partial charge in [-0.3, -0.25) is 9.79 Å². The highest BCUT2D eigenvalue weighted by atomic mass is 19.1. The first-order chi connectivity index (χ1) is 13.0. The summed E-state index contributed by atoms with van der Waals surface area (Å²) in [5, 5.41) is 0. The van der Waals surface area contributed by atoms with Crippen LogP contribution in [0.15, 0.2) is 47.7 Å². The summed E-state index contributed by atoms with van der Waals surface area (Å²) in [6.07, 6.45) is 5.39. The van der Waals surface area contributed by atoms with Crippen molar-refractivity contribution in [3.05, 3.63) is 65.4 Å². The quantitative estimate of drug-likeness (QED) is 0.793. The lowest BCUT2D eigenvalue weighted by Gasteiger charge is -2.20. The van der Waals surface area contributed by atoms with Crippen molar-refractivity contribution in [3.8, 4) is 11.5 Å². The van der Waals surface area contributed by atoms with Gasteiger partial charge < -0.3 is 15.2 Å². The number of methoxy groups -OCH3 is 1. The van der Waals surface area contributed by atoms with Gasteiger partial charge in [0.05, 0.1) is 19.0 Å². The number of rotatable bonds is 6. The lowest BCUT2D eigenvalue weighted by Crippen LogP contribution is -2.22. The first kappa shape index (κ1) is 18.6. The van der Waals surface area contributed by atoms with Crippen molar-refractivity contribution in [2.24, 2.45) is 10.7 Å². The second-order valence-corrected chi connectivity index (χ2v) is 6.03. The molecule has 2 aromatic rings. The number of amides is 1. The SMILES string of the molecule is CCc1cc(C2=NC=CC(Oc3cc(OC)cnc3F)C2)ccc1C(N)=O. The van der Waals surface area contributed by atoms with E-state index in [9.17, 15) is 9.18 Å². The summed E-state index contributed by atoms with van der Waals surface area (Å²) in [6, 6.07) is 6.88. The number of nitrogens with zero attached hydrogens (tertiary/aromatic N) is 2. The predicted molar refractivity (Wildman–Crippen MR) is 99.8 cm³/mol. The number of pyridine rings is 1. The zero-order valence-electron chi connectivity index (χ0n) is 15.1. The molecule has 7 heteroatoms. The topological polar surface area (TPSA) is 86.8 Å². The molecule has 1 amide bonds. The standard InChI is InChI=1S/C20H20FN3O3/c1-3-12-8-13(4-5-16(12)20(22)25)17-9-14(6-7-23-17)27-18-10-15(26-2)11-24-19(18)21/h4-8,10-11,14H,3,9H2,1-2H3,(H2,22,25). The van der Waals surface area contributed by atoms with Crippen LogP contribution in [0, 0.1) is 5.95 Å². The van der Waals surface area contributed by atoms with Crippen LogP contribution in [0.5, 0.6) is 11.5 Å². The lowest BCUT2D eigenvalue weighted by molar-refractivity contribution is 0.0999. The van der Waals surface area contributed by atoms with Gasteiger partial charge >= 0.3 is 0 Å². The second kappa shape index (κ2) is 7.99. The second-order valence-electron chi connectivity index (χ2n) is 6.03. The monoisotopic (exact) mass is 369 g/mol. The Morgan fingerprint density at radius 1 is 1.37 bits per heavy atom. The fourth-order valence-corrected chi connectivity index (χ4v) is 2.89. The van der Waals surface area contributed by atoms with Crippen molar-refractivity contribution in [1.82, 2.24) is 4.98 Å². The van der Waals surface area contributed by atoms with E-state index in [0.717, 1.165) is 16.8 Å². The summed E-state index contributed by atoms with van der Waals surface area (Å²) in [5.74, 6) is -0.725. The van der Waals surface area contributed by atoms with Gasteiger partial charge in [-0.1, -0.05) is 13.0 Å². The number of hydrogen-bond acceptors (Lipinski definition) is 5. The van der Waals surface area contributed by atoms with Crippen LogP contribution in [0.4, 0.5) is 4.39 Å². The van der Waals surface area contributed by atoms with Crippen molar-refractivity contribution in [2.75, 3.05) is 7.11 Å². The zero-order valence-corrected chi connectivity index (χ0v) is 15.1. The Labute approximate surface area is 156 Å². The van der Waals surface area contributed by atoms with Crippen molar-refractivity contribution in [2.45, 2.75) is 25.9 Å². The number of carbonyl (C=O) groups is 1. The average molecular weight is 369 g/mol. The molecule has 0 fully saturated rings. The largest absolute Gasteiger partial charge is 0.495 e. The van der Waals surface area contributed by atoms with Gasteiger partial charge in [-0.15, -0.1) is 0 Å². The number of primary amides is 1. The molecule has 1 aromatic carbocycles. The third-order valence-electron chi connectivity index (χ3n) is 4.31. The molecule has 1 unspecified atom stereocenters. The van der Waals surface area contributed by atoms with Crippen molar-refractivity contribution in [1.29, 1.82) is 0 Å². The van der Waals surface area contributed by atoms with Crippen LogP contribution in [0.1, 0.15) is 34.8 Å². The number of aliphatic imine (C=N–C) groups is 1. The Bertz CT molecular complexity index is 925. The minimum Gasteiger partial charge on any atom is -0.495 e. The number of ether oxygens (including phenoxy) is 2. The van der Waals surface area contributed by atoms with Crippen LogP contribution >= 0.6 is 0 Å². The Balaban J connectivity index is 1.80. The minimum atomic E-state index is -0.702. The van der Waals surface area contributed by atoms with Crippen LogP contribution in [0.25, 0.3) is 0 Å². The summed E-state index contributed by atoms with van der Waals surface area (Å²) in [5.41, 5.74) is 8.43. The van der Waals surface area contributed by atoms with Crippen LogP contribution in [-0.4, -0.2) is 29.8 Å². The van der Waals surface area contributed by atoms with Crippen molar-refractivity contribution < 1.29 is 18.7 Å². The molecule has 2 heterocycles. The molecule has 1 atom stereocenters. The third kappa shape index (κ3) is 4.13. The number of aryl methyl sites for hydroxylation is 1. The molecule has 1 aliphatic heterocycles. The molecule has 0 saturated heterocycles. The Kier molecular flexibility index (Phi) is 5.49. The lowest BCUT2D eigenvalue weighted by atomic mass is 9.96. The molecule has 6 nitrogen and oxygen atoms in total. The summed E-state index contributed by atoms with van der Waals surface area (Å²) in [6.45, 7) is 1.96. The highest BCUT2D eigenvalue weighted by molar-refractivity contribution is 6.03. The van der Waals surface area contributed by atoms with Gasteiger partial charge in [0.1, 0.15) is 11.9 Å². The summed E-state index contributed by atoms with van der Waals surface area (Å²) < 4.78 is 24.7. The third-order valence-corrected chi connectivity index (χ3v) is 4.31. The van der Waals surface area contributed by atoms with Crippen LogP contribution < -0.4 is 15.2 Å². The van der Waals surface area contributed by atoms with E-state index < -0.39 is 18.0 Å². The predicted octanol–water partition coefficient (Wildman–Crippen LogP) is 3.04. The van der Waals surface area contributed by atoms with E-state index in [-0.39, 0.29) is 5.75 Å². The summed E-state index contributed by atoms with van der Waals surface area (Å²) >= 11 is 0. The number of hydrogen-bond donors (Lipinski definition) is 1. The molecule has 0 spiro atoms.